The molecule has 0 unspecified atom stereocenters. The summed E-state index contributed by atoms with van der Waals surface area (Å²) in [5, 5.41) is 0. The summed E-state index contributed by atoms with van der Waals surface area (Å²) in [4.78, 5) is 4.13. The first-order valence-electron chi connectivity index (χ1n) is 6.79. The van der Waals surface area contributed by atoms with Gasteiger partial charge in [0, 0.05) is 12.7 Å². The third-order valence-electron chi connectivity index (χ3n) is 3.56. The molecule has 3 nitrogen and oxygen atoms in total. The number of hydrogen-bond acceptors (Lipinski definition) is 3. The zero-order valence-corrected chi connectivity index (χ0v) is 10.9. The molecule has 1 heterocycles. The smallest absolute Gasteiger partial charge is 0.146 e. The number of pyridine rings is 1. The quantitative estimate of drug-likeness (QED) is 0.915. The van der Waals surface area contributed by atoms with Gasteiger partial charge in [0.15, 0.2) is 0 Å². The van der Waals surface area contributed by atoms with Crippen LogP contribution in [0.1, 0.15) is 29.5 Å². The van der Waals surface area contributed by atoms with E-state index in [4.69, 9.17) is 10.5 Å². The number of benzene rings is 1. The Morgan fingerprint density at radius 3 is 2.68 bits per heavy atom. The highest BCUT2D eigenvalue weighted by molar-refractivity contribution is 5.39. The van der Waals surface area contributed by atoms with E-state index < -0.39 is 0 Å². The molecule has 19 heavy (non-hydrogen) atoms. The maximum absolute atomic E-state index is 5.87. The standard InChI is InChI=1S/C16H18N2O/c17-9-12-7-16(11-18-10-12)19-15-6-5-13-3-1-2-4-14(13)8-15/h5-8,10-11H,1-4,9,17H2. The molecule has 98 valence electrons. The lowest BCUT2D eigenvalue weighted by atomic mass is 9.92. The van der Waals surface area contributed by atoms with E-state index in [0.717, 1.165) is 23.5 Å². The lowest BCUT2D eigenvalue weighted by molar-refractivity contribution is 0.477. The largest absolute Gasteiger partial charge is 0.456 e. The predicted octanol–water partition coefficient (Wildman–Crippen LogP) is 3.21. The Hall–Kier alpha value is -1.87. The zero-order valence-electron chi connectivity index (χ0n) is 10.9. The summed E-state index contributed by atoms with van der Waals surface area (Å²) in [6.07, 6.45) is 8.42. The normalized spacial score (nSPS) is 13.9. The minimum Gasteiger partial charge on any atom is -0.456 e. The van der Waals surface area contributed by atoms with Crippen molar-refractivity contribution >= 4 is 0 Å². The van der Waals surface area contributed by atoms with Crippen LogP contribution in [0, 0.1) is 0 Å². The molecule has 1 aliphatic carbocycles. The van der Waals surface area contributed by atoms with Gasteiger partial charge in [-0.2, -0.15) is 0 Å². The van der Waals surface area contributed by atoms with Crippen LogP contribution in [0.3, 0.4) is 0 Å². The Bertz CT molecular complexity index is 581. The van der Waals surface area contributed by atoms with Gasteiger partial charge < -0.3 is 10.5 Å². The van der Waals surface area contributed by atoms with E-state index in [0.29, 0.717) is 6.54 Å². The number of aromatic nitrogens is 1. The van der Waals surface area contributed by atoms with Crippen LogP contribution >= 0.6 is 0 Å². The molecule has 0 saturated carbocycles. The van der Waals surface area contributed by atoms with Gasteiger partial charge in [-0.3, -0.25) is 4.98 Å². The minimum absolute atomic E-state index is 0.481. The van der Waals surface area contributed by atoms with E-state index in [2.05, 4.69) is 17.1 Å². The summed E-state index contributed by atoms with van der Waals surface area (Å²) in [6, 6.07) is 8.32. The molecule has 3 rings (SSSR count). The molecular formula is C16H18N2O. The third kappa shape index (κ3) is 2.76. The first kappa shape index (κ1) is 12.2. The number of nitrogens with two attached hydrogens (primary N) is 1. The van der Waals surface area contributed by atoms with Gasteiger partial charge in [0.2, 0.25) is 0 Å². The summed E-state index contributed by atoms with van der Waals surface area (Å²) in [7, 11) is 0. The SMILES string of the molecule is NCc1cncc(Oc2ccc3c(c2)CCCC3)c1. The van der Waals surface area contributed by atoms with Gasteiger partial charge in [0.05, 0.1) is 6.20 Å². The highest BCUT2D eigenvalue weighted by Gasteiger charge is 2.10. The van der Waals surface area contributed by atoms with Gasteiger partial charge in [-0.25, -0.2) is 0 Å². The molecule has 0 aliphatic heterocycles. The molecule has 0 radical (unpaired) electrons. The number of ether oxygens (including phenoxy) is 1. The zero-order chi connectivity index (χ0) is 13.1. The van der Waals surface area contributed by atoms with Crippen molar-refractivity contribution in [3.8, 4) is 11.5 Å². The van der Waals surface area contributed by atoms with Crippen LogP contribution in [0.5, 0.6) is 11.5 Å². The maximum Gasteiger partial charge on any atom is 0.146 e. The van der Waals surface area contributed by atoms with E-state index in [1.807, 2.05) is 12.1 Å². The van der Waals surface area contributed by atoms with Gasteiger partial charge >= 0.3 is 0 Å². The molecule has 3 heteroatoms. The average molecular weight is 254 g/mol. The van der Waals surface area contributed by atoms with Crippen molar-refractivity contribution in [3.63, 3.8) is 0 Å². The Morgan fingerprint density at radius 1 is 1.00 bits per heavy atom. The fraction of sp³-hybridized carbons (Fsp3) is 0.312. The third-order valence-corrected chi connectivity index (χ3v) is 3.56. The van der Waals surface area contributed by atoms with Crippen LogP contribution in [0.25, 0.3) is 0 Å². The van der Waals surface area contributed by atoms with Crippen LogP contribution in [-0.4, -0.2) is 4.98 Å². The van der Waals surface area contributed by atoms with Crippen LogP contribution in [0.15, 0.2) is 36.7 Å². The highest BCUT2D eigenvalue weighted by atomic mass is 16.5. The van der Waals surface area contributed by atoms with Crippen molar-refractivity contribution in [2.24, 2.45) is 5.73 Å². The van der Waals surface area contributed by atoms with E-state index in [9.17, 15) is 0 Å². The second-order valence-electron chi connectivity index (χ2n) is 4.97. The molecule has 0 amide bonds. The van der Waals surface area contributed by atoms with Crippen LogP contribution in [0.2, 0.25) is 0 Å². The second kappa shape index (κ2) is 5.41. The van der Waals surface area contributed by atoms with E-state index in [-0.39, 0.29) is 0 Å². The van der Waals surface area contributed by atoms with Crippen LogP contribution in [0.4, 0.5) is 0 Å². The maximum atomic E-state index is 5.87. The predicted molar refractivity (Wildman–Crippen MR) is 75.3 cm³/mol. The van der Waals surface area contributed by atoms with Crippen LogP contribution < -0.4 is 10.5 Å². The first-order chi connectivity index (χ1) is 9.35. The van der Waals surface area contributed by atoms with Gasteiger partial charge in [-0.15, -0.1) is 0 Å². The number of aryl methyl sites for hydroxylation is 2. The summed E-state index contributed by atoms with van der Waals surface area (Å²) < 4.78 is 5.87. The molecule has 1 aromatic carbocycles. The highest BCUT2D eigenvalue weighted by Crippen LogP contribution is 2.28. The fourth-order valence-corrected chi connectivity index (χ4v) is 2.54. The van der Waals surface area contributed by atoms with Crippen molar-refractivity contribution in [2.45, 2.75) is 32.2 Å². The summed E-state index contributed by atoms with van der Waals surface area (Å²) in [5.41, 5.74) is 9.48. The van der Waals surface area contributed by atoms with E-state index in [1.54, 1.807) is 12.4 Å². The summed E-state index contributed by atoms with van der Waals surface area (Å²) in [6.45, 7) is 0.481. The first-order valence-corrected chi connectivity index (χ1v) is 6.79. The molecule has 0 bridgehead atoms. The molecule has 0 fully saturated rings. The molecule has 2 N–H and O–H groups in total. The van der Waals surface area contributed by atoms with Crippen molar-refractivity contribution in [3.05, 3.63) is 53.3 Å². The topological polar surface area (TPSA) is 48.1 Å². The Labute approximate surface area is 113 Å². The van der Waals surface area contributed by atoms with Crippen molar-refractivity contribution in [1.82, 2.24) is 4.98 Å². The van der Waals surface area contributed by atoms with Gasteiger partial charge in [0.25, 0.3) is 0 Å². The molecule has 1 aromatic heterocycles. The monoisotopic (exact) mass is 254 g/mol. The molecule has 0 saturated heterocycles. The number of hydrogen-bond donors (Lipinski definition) is 1. The van der Waals surface area contributed by atoms with Gasteiger partial charge in [-0.05, 0) is 60.6 Å². The molecule has 0 atom stereocenters. The lowest BCUT2D eigenvalue weighted by Crippen LogP contribution is -2.02. The van der Waals surface area contributed by atoms with Gasteiger partial charge in [0.1, 0.15) is 11.5 Å². The second-order valence-corrected chi connectivity index (χ2v) is 4.97. The fourth-order valence-electron chi connectivity index (χ4n) is 2.54. The van der Waals surface area contributed by atoms with Crippen molar-refractivity contribution in [2.75, 3.05) is 0 Å². The average Bonchev–Trinajstić information content (AvgIpc) is 2.47. The van der Waals surface area contributed by atoms with Crippen LogP contribution in [-0.2, 0) is 19.4 Å². The molecule has 0 spiro atoms. The van der Waals surface area contributed by atoms with E-state index >= 15 is 0 Å². The molecule has 1 aliphatic rings. The minimum atomic E-state index is 0.481. The number of rotatable bonds is 3. The summed E-state index contributed by atoms with van der Waals surface area (Å²) in [5.74, 6) is 1.63. The molecular weight excluding hydrogens is 236 g/mol. The van der Waals surface area contributed by atoms with E-state index in [1.165, 1.54) is 30.4 Å². The van der Waals surface area contributed by atoms with Gasteiger partial charge in [-0.1, -0.05) is 6.07 Å². The molecule has 2 aromatic rings. The van der Waals surface area contributed by atoms with Crippen molar-refractivity contribution in [1.29, 1.82) is 0 Å². The number of fused-ring (bicyclic) bond motifs is 1. The Balaban J connectivity index is 1.82. The Morgan fingerprint density at radius 2 is 1.84 bits per heavy atom. The summed E-state index contributed by atoms with van der Waals surface area (Å²) >= 11 is 0. The number of nitrogens with zero attached hydrogens (tertiary/aromatic N) is 1. The Kier molecular flexibility index (Phi) is 3.47. The van der Waals surface area contributed by atoms with Crippen molar-refractivity contribution < 1.29 is 4.74 Å². The lowest BCUT2D eigenvalue weighted by Gasteiger charge is -2.16.